The van der Waals surface area contributed by atoms with Crippen LogP contribution in [0.5, 0.6) is 0 Å². The number of hydrogen-bond acceptors (Lipinski definition) is 3. The summed E-state index contributed by atoms with van der Waals surface area (Å²) < 4.78 is 0. The summed E-state index contributed by atoms with van der Waals surface area (Å²) >= 11 is 0. The highest BCUT2D eigenvalue weighted by Crippen LogP contribution is 2.20. The third kappa shape index (κ3) is 4.23. The van der Waals surface area contributed by atoms with Crippen molar-refractivity contribution in [3.8, 4) is 0 Å². The number of piperidine rings is 1. The van der Waals surface area contributed by atoms with E-state index in [1.165, 1.54) is 52.0 Å². The normalized spacial score (nSPS) is 28.4. The smallest absolute Gasteiger partial charge is 0.0252 e. The highest BCUT2D eigenvalue weighted by molar-refractivity contribution is 4.87. The maximum Gasteiger partial charge on any atom is 0.0252 e. The van der Waals surface area contributed by atoms with E-state index < -0.39 is 0 Å². The Balaban J connectivity index is 1.68. The second kappa shape index (κ2) is 5.68. The molecule has 2 rings (SSSR count). The molecule has 3 heteroatoms. The second-order valence-corrected chi connectivity index (χ2v) is 6.62. The zero-order chi connectivity index (χ0) is 12.3. The molecule has 2 saturated heterocycles. The summed E-state index contributed by atoms with van der Waals surface area (Å²) in [6.07, 6.45) is 4.22. The monoisotopic (exact) mass is 239 g/mol. The Hall–Kier alpha value is -0.120. The van der Waals surface area contributed by atoms with E-state index in [4.69, 9.17) is 0 Å². The van der Waals surface area contributed by atoms with Crippen molar-refractivity contribution in [1.29, 1.82) is 0 Å². The highest BCUT2D eigenvalue weighted by atomic mass is 15.2. The van der Waals surface area contributed by atoms with Gasteiger partial charge in [0.25, 0.3) is 0 Å². The van der Waals surface area contributed by atoms with E-state index in [1.807, 2.05) is 0 Å². The van der Waals surface area contributed by atoms with Crippen molar-refractivity contribution in [2.24, 2.45) is 5.92 Å². The molecule has 17 heavy (non-hydrogen) atoms. The summed E-state index contributed by atoms with van der Waals surface area (Å²) in [5.74, 6) is 0.976. The number of likely N-dealkylation sites (tertiary alicyclic amines) is 1. The van der Waals surface area contributed by atoms with Crippen molar-refractivity contribution < 1.29 is 0 Å². The summed E-state index contributed by atoms with van der Waals surface area (Å²) in [4.78, 5) is 5.11. The van der Waals surface area contributed by atoms with Crippen molar-refractivity contribution in [1.82, 2.24) is 15.1 Å². The molecule has 0 spiro atoms. The van der Waals surface area contributed by atoms with Gasteiger partial charge in [0.1, 0.15) is 0 Å². The van der Waals surface area contributed by atoms with Crippen LogP contribution in [0.1, 0.15) is 33.1 Å². The fourth-order valence-electron chi connectivity index (χ4n) is 3.15. The van der Waals surface area contributed by atoms with E-state index in [9.17, 15) is 0 Å². The number of rotatable bonds is 3. The van der Waals surface area contributed by atoms with Gasteiger partial charge in [-0.2, -0.15) is 0 Å². The minimum Gasteiger partial charge on any atom is -0.309 e. The summed E-state index contributed by atoms with van der Waals surface area (Å²) in [7, 11) is 2.25. The van der Waals surface area contributed by atoms with E-state index in [0.29, 0.717) is 5.54 Å². The first-order valence-corrected chi connectivity index (χ1v) is 7.21. The fourth-order valence-corrected chi connectivity index (χ4v) is 3.15. The number of nitrogens with zero attached hydrogens (tertiary/aromatic N) is 2. The predicted molar refractivity (Wildman–Crippen MR) is 73.4 cm³/mol. The lowest BCUT2D eigenvalue weighted by Gasteiger charge is -2.40. The average Bonchev–Trinajstić information content (AvgIpc) is 2.27. The number of piperazine rings is 1. The SMILES string of the molecule is CN1CCC(CCN2CCNC(C)(C)C2)CC1. The van der Waals surface area contributed by atoms with Crippen molar-refractivity contribution in [2.75, 3.05) is 46.3 Å². The van der Waals surface area contributed by atoms with Gasteiger partial charge in [-0.3, -0.25) is 0 Å². The van der Waals surface area contributed by atoms with Crippen LogP contribution in [0.4, 0.5) is 0 Å². The molecule has 2 aliphatic heterocycles. The van der Waals surface area contributed by atoms with Crippen LogP contribution in [-0.2, 0) is 0 Å². The summed E-state index contributed by atoms with van der Waals surface area (Å²) in [5, 5.41) is 3.58. The minimum atomic E-state index is 0.311. The molecule has 0 radical (unpaired) electrons. The van der Waals surface area contributed by atoms with Crippen LogP contribution in [0.25, 0.3) is 0 Å². The van der Waals surface area contributed by atoms with E-state index in [2.05, 4.69) is 36.0 Å². The molecule has 0 aromatic heterocycles. The van der Waals surface area contributed by atoms with Gasteiger partial charge >= 0.3 is 0 Å². The van der Waals surface area contributed by atoms with Crippen molar-refractivity contribution in [2.45, 2.75) is 38.6 Å². The highest BCUT2D eigenvalue weighted by Gasteiger charge is 2.26. The third-order valence-corrected chi connectivity index (χ3v) is 4.34. The van der Waals surface area contributed by atoms with Crippen molar-refractivity contribution in [3.63, 3.8) is 0 Å². The van der Waals surface area contributed by atoms with E-state index in [1.54, 1.807) is 0 Å². The van der Waals surface area contributed by atoms with Gasteiger partial charge in [-0.05, 0) is 65.7 Å². The minimum absolute atomic E-state index is 0.311. The molecule has 2 heterocycles. The zero-order valence-electron chi connectivity index (χ0n) is 11.8. The number of nitrogens with one attached hydrogen (secondary N) is 1. The first-order chi connectivity index (χ1) is 8.05. The van der Waals surface area contributed by atoms with Gasteiger partial charge in [0.05, 0.1) is 0 Å². The summed E-state index contributed by atoms with van der Waals surface area (Å²) in [6, 6.07) is 0. The predicted octanol–water partition coefficient (Wildman–Crippen LogP) is 1.40. The van der Waals surface area contributed by atoms with Gasteiger partial charge in [0.15, 0.2) is 0 Å². The Morgan fingerprint density at radius 1 is 1.18 bits per heavy atom. The summed E-state index contributed by atoms with van der Waals surface area (Å²) in [5.41, 5.74) is 0.311. The lowest BCUT2D eigenvalue weighted by atomic mass is 9.93. The molecule has 100 valence electrons. The zero-order valence-corrected chi connectivity index (χ0v) is 11.8. The molecule has 0 unspecified atom stereocenters. The van der Waals surface area contributed by atoms with Gasteiger partial charge < -0.3 is 15.1 Å². The Morgan fingerprint density at radius 3 is 2.53 bits per heavy atom. The van der Waals surface area contributed by atoms with Gasteiger partial charge in [0.2, 0.25) is 0 Å². The molecule has 0 amide bonds. The lowest BCUT2D eigenvalue weighted by Crippen LogP contribution is -2.57. The Bertz CT molecular complexity index is 232. The second-order valence-electron chi connectivity index (χ2n) is 6.62. The number of hydrogen-bond donors (Lipinski definition) is 1. The van der Waals surface area contributed by atoms with Crippen LogP contribution >= 0.6 is 0 Å². The molecule has 3 nitrogen and oxygen atoms in total. The largest absolute Gasteiger partial charge is 0.309 e. The van der Waals surface area contributed by atoms with Crippen LogP contribution < -0.4 is 5.32 Å². The van der Waals surface area contributed by atoms with E-state index >= 15 is 0 Å². The third-order valence-electron chi connectivity index (χ3n) is 4.34. The van der Waals surface area contributed by atoms with Crippen LogP contribution in [0.3, 0.4) is 0 Å². The van der Waals surface area contributed by atoms with Crippen LogP contribution in [-0.4, -0.2) is 61.7 Å². The fraction of sp³-hybridized carbons (Fsp3) is 1.00. The van der Waals surface area contributed by atoms with Crippen LogP contribution in [0.15, 0.2) is 0 Å². The van der Waals surface area contributed by atoms with Crippen LogP contribution in [0, 0.1) is 5.92 Å². The first-order valence-electron chi connectivity index (χ1n) is 7.21. The Kier molecular flexibility index (Phi) is 4.45. The van der Waals surface area contributed by atoms with Crippen molar-refractivity contribution >= 4 is 0 Å². The molecule has 2 fully saturated rings. The van der Waals surface area contributed by atoms with Gasteiger partial charge in [-0.15, -0.1) is 0 Å². The first kappa shape index (κ1) is 13.3. The molecule has 0 saturated carbocycles. The van der Waals surface area contributed by atoms with Gasteiger partial charge in [-0.25, -0.2) is 0 Å². The lowest BCUT2D eigenvalue weighted by molar-refractivity contribution is 0.134. The molecule has 0 bridgehead atoms. The van der Waals surface area contributed by atoms with Crippen molar-refractivity contribution in [3.05, 3.63) is 0 Å². The van der Waals surface area contributed by atoms with Gasteiger partial charge in [-0.1, -0.05) is 0 Å². The molecule has 0 aromatic carbocycles. The average molecular weight is 239 g/mol. The van der Waals surface area contributed by atoms with E-state index in [-0.39, 0.29) is 0 Å². The molecule has 0 aromatic rings. The molecule has 0 aliphatic carbocycles. The van der Waals surface area contributed by atoms with E-state index in [0.717, 1.165) is 12.5 Å². The maximum atomic E-state index is 3.58. The van der Waals surface area contributed by atoms with Gasteiger partial charge in [0, 0.05) is 25.2 Å². The Morgan fingerprint density at radius 2 is 1.88 bits per heavy atom. The molecule has 0 atom stereocenters. The molecular weight excluding hydrogens is 210 g/mol. The van der Waals surface area contributed by atoms with Crippen LogP contribution in [0.2, 0.25) is 0 Å². The topological polar surface area (TPSA) is 18.5 Å². The summed E-state index contributed by atoms with van der Waals surface area (Å²) in [6.45, 7) is 12.1. The molecule has 1 N–H and O–H groups in total. The quantitative estimate of drug-likeness (QED) is 0.803. The maximum absolute atomic E-state index is 3.58. The standard InChI is InChI=1S/C14H29N3/c1-14(2)12-17(11-7-15-14)10-6-13-4-8-16(3)9-5-13/h13,15H,4-12H2,1-3H3. The molecular formula is C14H29N3. The Labute approximate surface area is 107 Å². The molecule has 2 aliphatic rings.